The number of hydrogen-bond acceptors (Lipinski definition) is 2. The third kappa shape index (κ3) is 2.50. The fourth-order valence-corrected chi connectivity index (χ4v) is 2.97. The monoisotopic (exact) mass is 265 g/mol. The van der Waals surface area contributed by atoms with Crippen LogP contribution in [0.15, 0.2) is 24.3 Å². The van der Waals surface area contributed by atoms with Crippen LogP contribution >= 0.6 is 0 Å². The summed E-state index contributed by atoms with van der Waals surface area (Å²) in [6, 6.07) is 6.36. The van der Waals surface area contributed by atoms with Crippen molar-refractivity contribution in [1.82, 2.24) is 4.90 Å². The van der Waals surface area contributed by atoms with E-state index in [9.17, 15) is 14.3 Å². The van der Waals surface area contributed by atoms with Crippen LogP contribution in [-0.4, -0.2) is 28.1 Å². The molecule has 1 aliphatic heterocycles. The predicted molar refractivity (Wildman–Crippen MR) is 71.4 cm³/mol. The van der Waals surface area contributed by atoms with Gasteiger partial charge in [0.25, 0.3) is 0 Å². The molecule has 2 unspecified atom stereocenters. The summed E-state index contributed by atoms with van der Waals surface area (Å²) >= 11 is 0. The van der Waals surface area contributed by atoms with Crippen molar-refractivity contribution in [3.8, 4) is 0 Å². The summed E-state index contributed by atoms with van der Waals surface area (Å²) in [7, 11) is 0. The first-order valence-corrected chi connectivity index (χ1v) is 6.71. The Bertz CT molecular complexity index is 477. The number of piperidine rings is 1. The van der Waals surface area contributed by atoms with Crippen LogP contribution < -0.4 is 0 Å². The molecule has 1 fully saturated rings. The minimum atomic E-state index is -0.903. The van der Waals surface area contributed by atoms with Crippen LogP contribution in [0.3, 0.4) is 0 Å². The number of carboxylic acids is 1. The average molecular weight is 265 g/mol. The van der Waals surface area contributed by atoms with Gasteiger partial charge in [0.1, 0.15) is 11.4 Å². The van der Waals surface area contributed by atoms with Crippen molar-refractivity contribution in [1.29, 1.82) is 0 Å². The minimum Gasteiger partial charge on any atom is -0.480 e. The van der Waals surface area contributed by atoms with Crippen LogP contribution in [0.5, 0.6) is 0 Å². The molecule has 0 radical (unpaired) electrons. The third-order valence-electron chi connectivity index (χ3n) is 4.23. The number of halogens is 1. The number of hydrogen-bond donors (Lipinski definition) is 1. The molecule has 3 nitrogen and oxygen atoms in total. The van der Waals surface area contributed by atoms with Gasteiger partial charge in [-0.05, 0) is 45.7 Å². The van der Waals surface area contributed by atoms with Gasteiger partial charge >= 0.3 is 5.97 Å². The Hall–Kier alpha value is -1.42. The molecule has 2 atom stereocenters. The highest BCUT2D eigenvalue weighted by Gasteiger charge is 2.43. The molecular weight excluding hydrogens is 245 g/mol. The van der Waals surface area contributed by atoms with Gasteiger partial charge in [0.2, 0.25) is 0 Å². The minimum absolute atomic E-state index is 0.234. The van der Waals surface area contributed by atoms with Crippen LogP contribution in [0, 0.1) is 5.82 Å². The predicted octanol–water partition coefficient (Wildman–Crippen LogP) is 3.22. The van der Waals surface area contributed by atoms with Crippen LogP contribution in [0.2, 0.25) is 0 Å². The van der Waals surface area contributed by atoms with E-state index >= 15 is 0 Å². The van der Waals surface area contributed by atoms with Crippen LogP contribution in [-0.2, 0) is 4.79 Å². The topological polar surface area (TPSA) is 40.5 Å². The molecule has 0 spiro atoms. The highest BCUT2D eigenvalue weighted by atomic mass is 19.1. The summed E-state index contributed by atoms with van der Waals surface area (Å²) in [4.78, 5) is 13.5. The van der Waals surface area contributed by atoms with E-state index in [0.717, 1.165) is 12.8 Å². The summed E-state index contributed by atoms with van der Waals surface area (Å²) in [5.41, 5.74) is -0.336. The lowest BCUT2D eigenvalue weighted by atomic mass is 9.86. The molecular formula is C15H20FNO2. The van der Waals surface area contributed by atoms with Gasteiger partial charge in [0.15, 0.2) is 0 Å². The van der Waals surface area contributed by atoms with Crippen molar-refractivity contribution in [2.24, 2.45) is 0 Å². The van der Waals surface area contributed by atoms with E-state index in [-0.39, 0.29) is 11.9 Å². The zero-order valence-corrected chi connectivity index (χ0v) is 11.4. The fraction of sp³-hybridized carbons (Fsp3) is 0.533. The summed E-state index contributed by atoms with van der Waals surface area (Å²) in [5, 5.41) is 9.50. The summed E-state index contributed by atoms with van der Waals surface area (Å²) in [6.45, 7) is 4.31. The normalized spacial score (nSPS) is 26.1. The van der Waals surface area contributed by atoms with Crippen molar-refractivity contribution in [3.63, 3.8) is 0 Å². The van der Waals surface area contributed by atoms with E-state index < -0.39 is 11.5 Å². The molecule has 1 aliphatic rings. The van der Waals surface area contributed by atoms with Gasteiger partial charge < -0.3 is 5.11 Å². The highest BCUT2D eigenvalue weighted by Crippen LogP contribution is 2.36. The second-order valence-electron chi connectivity index (χ2n) is 5.43. The molecule has 19 heavy (non-hydrogen) atoms. The Labute approximate surface area is 113 Å². The molecule has 0 saturated carbocycles. The van der Waals surface area contributed by atoms with Gasteiger partial charge in [-0.25, -0.2) is 4.39 Å². The van der Waals surface area contributed by atoms with Crippen molar-refractivity contribution < 1.29 is 14.3 Å². The van der Waals surface area contributed by atoms with Gasteiger partial charge in [-0.15, -0.1) is 0 Å². The van der Waals surface area contributed by atoms with E-state index in [0.29, 0.717) is 18.5 Å². The number of likely N-dealkylation sites (tertiary alicyclic amines) is 1. The molecule has 1 aromatic rings. The largest absolute Gasteiger partial charge is 0.480 e. The molecule has 1 saturated heterocycles. The van der Waals surface area contributed by atoms with E-state index in [2.05, 4.69) is 0 Å². The molecule has 2 rings (SSSR count). The molecule has 0 amide bonds. The van der Waals surface area contributed by atoms with Gasteiger partial charge in [0.05, 0.1) is 0 Å². The number of rotatable bonds is 3. The van der Waals surface area contributed by atoms with Gasteiger partial charge in [-0.3, -0.25) is 9.69 Å². The third-order valence-corrected chi connectivity index (χ3v) is 4.23. The molecule has 1 aromatic carbocycles. The first-order valence-electron chi connectivity index (χ1n) is 6.71. The Balaban J connectivity index is 2.33. The van der Waals surface area contributed by atoms with Gasteiger partial charge in [-0.1, -0.05) is 18.2 Å². The lowest BCUT2D eigenvalue weighted by molar-refractivity contribution is -0.155. The second kappa shape index (κ2) is 5.29. The SMILES string of the molecule is CC(c1ccccc1F)N1CCCCC1(C)C(=O)O. The maximum Gasteiger partial charge on any atom is 0.323 e. The number of carboxylic acid groups (broad SMARTS) is 1. The van der Waals surface area contributed by atoms with Crippen molar-refractivity contribution in [2.45, 2.75) is 44.7 Å². The zero-order chi connectivity index (χ0) is 14.0. The van der Waals surface area contributed by atoms with Crippen molar-refractivity contribution in [2.75, 3.05) is 6.54 Å². The first-order chi connectivity index (χ1) is 8.97. The van der Waals surface area contributed by atoms with Crippen LogP contribution in [0.1, 0.15) is 44.7 Å². The average Bonchev–Trinajstić information content (AvgIpc) is 2.39. The molecule has 0 aromatic heterocycles. The Morgan fingerprint density at radius 2 is 2.11 bits per heavy atom. The number of carbonyl (C=O) groups is 1. The van der Waals surface area contributed by atoms with Gasteiger partial charge in [0, 0.05) is 11.6 Å². The molecule has 4 heteroatoms. The number of benzene rings is 1. The van der Waals surface area contributed by atoms with E-state index in [1.54, 1.807) is 25.1 Å². The van der Waals surface area contributed by atoms with E-state index in [1.807, 2.05) is 11.8 Å². The molecule has 0 aliphatic carbocycles. The summed E-state index contributed by atoms with van der Waals surface area (Å²) < 4.78 is 13.9. The highest BCUT2D eigenvalue weighted by molar-refractivity contribution is 5.78. The standard InChI is InChI=1S/C15H20FNO2/c1-11(12-7-3-4-8-13(12)16)17-10-6-5-9-15(17,2)14(18)19/h3-4,7-8,11H,5-6,9-10H2,1-2H3,(H,18,19). The Morgan fingerprint density at radius 1 is 1.42 bits per heavy atom. The quantitative estimate of drug-likeness (QED) is 0.912. The Kier molecular flexibility index (Phi) is 3.90. The molecule has 104 valence electrons. The maximum atomic E-state index is 13.9. The van der Waals surface area contributed by atoms with Crippen LogP contribution in [0.25, 0.3) is 0 Å². The van der Waals surface area contributed by atoms with E-state index in [4.69, 9.17) is 0 Å². The number of aliphatic carboxylic acids is 1. The Morgan fingerprint density at radius 3 is 2.74 bits per heavy atom. The van der Waals surface area contributed by atoms with Crippen LogP contribution in [0.4, 0.5) is 4.39 Å². The second-order valence-corrected chi connectivity index (χ2v) is 5.43. The van der Waals surface area contributed by atoms with Gasteiger partial charge in [-0.2, -0.15) is 0 Å². The summed E-state index contributed by atoms with van der Waals surface area (Å²) in [6.07, 6.45) is 2.48. The van der Waals surface area contributed by atoms with Crippen molar-refractivity contribution in [3.05, 3.63) is 35.6 Å². The maximum absolute atomic E-state index is 13.9. The first kappa shape index (κ1) is 14.0. The molecule has 0 bridgehead atoms. The van der Waals surface area contributed by atoms with Crippen molar-refractivity contribution >= 4 is 5.97 Å². The lowest BCUT2D eigenvalue weighted by Gasteiger charge is -2.45. The summed E-state index contributed by atoms with van der Waals surface area (Å²) in [5.74, 6) is -1.09. The molecule has 1 N–H and O–H groups in total. The van der Waals surface area contributed by atoms with E-state index in [1.165, 1.54) is 6.07 Å². The number of nitrogens with zero attached hydrogens (tertiary/aromatic N) is 1. The molecule has 1 heterocycles. The smallest absolute Gasteiger partial charge is 0.323 e. The zero-order valence-electron chi connectivity index (χ0n) is 11.4. The lowest BCUT2D eigenvalue weighted by Crippen LogP contribution is -2.55. The fourth-order valence-electron chi connectivity index (χ4n) is 2.97.